The Morgan fingerprint density at radius 2 is 2.05 bits per heavy atom. The van der Waals surface area contributed by atoms with Gasteiger partial charge in [0, 0.05) is 5.69 Å². The first-order valence-corrected chi connectivity index (χ1v) is 5.93. The predicted molar refractivity (Wildman–Crippen MR) is 72.7 cm³/mol. The largest absolute Gasteiger partial charge is 0.475 e. The molecule has 1 aromatic carbocycles. The van der Waals surface area contributed by atoms with Crippen LogP contribution in [0.2, 0.25) is 0 Å². The normalized spacial score (nSPS) is 10.2. The Kier molecular flexibility index (Phi) is 3.74. The third-order valence-corrected chi connectivity index (χ3v) is 2.77. The number of carbonyl (C=O) groups excluding carboxylic acids is 1. The van der Waals surface area contributed by atoms with Crippen LogP contribution in [0.4, 0.5) is 5.69 Å². The topological polar surface area (TPSA) is 106 Å². The van der Waals surface area contributed by atoms with Gasteiger partial charge >= 0.3 is 5.97 Å². The van der Waals surface area contributed by atoms with Gasteiger partial charge in [0.25, 0.3) is 5.91 Å². The minimum absolute atomic E-state index is 0.124. The van der Waals surface area contributed by atoms with Crippen LogP contribution in [0.3, 0.4) is 0 Å². The average molecular weight is 274 g/mol. The van der Waals surface area contributed by atoms with Crippen molar-refractivity contribution in [3.8, 4) is 0 Å². The summed E-state index contributed by atoms with van der Waals surface area (Å²) >= 11 is 0. The van der Waals surface area contributed by atoms with Crippen molar-refractivity contribution in [1.29, 1.82) is 0 Å². The Hall–Kier alpha value is -2.76. The van der Waals surface area contributed by atoms with Crippen LogP contribution in [-0.2, 0) is 6.54 Å². The van der Waals surface area contributed by atoms with Crippen LogP contribution >= 0.6 is 0 Å². The Morgan fingerprint density at radius 1 is 1.30 bits per heavy atom. The standard InChI is InChI=1S/C14H14N2O4/c1-8-2-4-10(13(15)17)11(6-8)16-7-9-3-5-12(20-9)14(18)19/h2-6,16H,7H2,1H3,(H2,15,17)(H,18,19). The highest BCUT2D eigenvalue weighted by molar-refractivity contribution is 5.98. The molecule has 0 saturated heterocycles. The van der Waals surface area contributed by atoms with Gasteiger partial charge in [-0.05, 0) is 36.8 Å². The zero-order valence-electron chi connectivity index (χ0n) is 10.8. The number of benzene rings is 1. The van der Waals surface area contributed by atoms with Gasteiger partial charge in [-0.2, -0.15) is 0 Å². The lowest BCUT2D eigenvalue weighted by Crippen LogP contribution is -2.14. The highest BCUT2D eigenvalue weighted by atomic mass is 16.4. The minimum atomic E-state index is -1.12. The van der Waals surface area contributed by atoms with E-state index in [-0.39, 0.29) is 12.3 Å². The van der Waals surface area contributed by atoms with E-state index in [1.165, 1.54) is 6.07 Å². The second-order valence-electron chi connectivity index (χ2n) is 4.34. The number of carbonyl (C=O) groups is 2. The van der Waals surface area contributed by atoms with E-state index in [1.807, 2.05) is 6.92 Å². The van der Waals surface area contributed by atoms with Crippen LogP contribution in [0.15, 0.2) is 34.7 Å². The van der Waals surface area contributed by atoms with Crippen molar-refractivity contribution in [3.05, 3.63) is 53.0 Å². The van der Waals surface area contributed by atoms with E-state index in [2.05, 4.69) is 5.32 Å². The highest BCUT2D eigenvalue weighted by Crippen LogP contribution is 2.18. The Balaban J connectivity index is 2.15. The second-order valence-corrected chi connectivity index (χ2v) is 4.34. The maximum atomic E-state index is 11.3. The van der Waals surface area contributed by atoms with Gasteiger partial charge in [0.15, 0.2) is 0 Å². The van der Waals surface area contributed by atoms with Crippen LogP contribution < -0.4 is 11.1 Å². The number of nitrogens with two attached hydrogens (primary N) is 1. The van der Waals surface area contributed by atoms with Crippen molar-refractivity contribution in [1.82, 2.24) is 0 Å². The van der Waals surface area contributed by atoms with Gasteiger partial charge < -0.3 is 20.6 Å². The number of primary amides is 1. The van der Waals surface area contributed by atoms with Crippen LogP contribution in [-0.4, -0.2) is 17.0 Å². The van der Waals surface area contributed by atoms with E-state index in [0.29, 0.717) is 17.0 Å². The van der Waals surface area contributed by atoms with Crippen LogP contribution in [0.25, 0.3) is 0 Å². The molecule has 1 heterocycles. The molecule has 0 unspecified atom stereocenters. The van der Waals surface area contributed by atoms with Gasteiger partial charge in [0.1, 0.15) is 5.76 Å². The first kappa shape index (κ1) is 13.7. The number of carboxylic acid groups (broad SMARTS) is 1. The summed E-state index contributed by atoms with van der Waals surface area (Å²) in [5, 5.41) is 11.8. The maximum absolute atomic E-state index is 11.3. The Bertz CT molecular complexity index is 661. The molecule has 6 heteroatoms. The monoisotopic (exact) mass is 274 g/mol. The van der Waals surface area contributed by atoms with E-state index in [1.54, 1.807) is 24.3 Å². The van der Waals surface area contributed by atoms with Crippen LogP contribution in [0.1, 0.15) is 32.2 Å². The third kappa shape index (κ3) is 2.97. The van der Waals surface area contributed by atoms with Crippen molar-refractivity contribution in [3.63, 3.8) is 0 Å². The fourth-order valence-electron chi connectivity index (χ4n) is 1.79. The van der Waals surface area contributed by atoms with Gasteiger partial charge in [-0.25, -0.2) is 4.79 Å². The van der Waals surface area contributed by atoms with Crippen molar-refractivity contribution in [2.24, 2.45) is 5.73 Å². The molecule has 6 nitrogen and oxygen atoms in total. The molecule has 0 aliphatic heterocycles. The van der Waals surface area contributed by atoms with Gasteiger partial charge in [-0.15, -0.1) is 0 Å². The lowest BCUT2D eigenvalue weighted by molar-refractivity contribution is 0.0660. The molecular formula is C14H14N2O4. The second kappa shape index (κ2) is 5.48. The zero-order valence-corrected chi connectivity index (χ0v) is 10.8. The number of aromatic carboxylic acids is 1. The molecular weight excluding hydrogens is 260 g/mol. The molecule has 2 rings (SSSR count). The molecule has 0 saturated carbocycles. The van der Waals surface area contributed by atoms with Crippen molar-refractivity contribution < 1.29 is 19.1 Å². The molecule has 104 valence electrons. The first-order chi connectivity index (χ1) is 9.47. The minimum Gasteiger partial charge on any atom is -0.475 e. The number of anilines is 1. The third-order valence-electron chi connectivity index (χ3n) is 2.77. The molecule has 0 atom stereocenters. The zero-order chi connectivity index (χ0) is 14.7. The summed E-state index contributed by atoms with van der Waals surface area (Å²) in [4.78, 5) is 22.0. The summed E-state index contributed by atoms with van der Waals surface area (Å²) in [6, 6.07) is 8.17. The van der Waals surface area contributed by atoms with Crippen LogP contribution in [0, 0.1) is 6.92 Å². The van der Waals surface area contributed by atoms with E-state index in [9.17, 15) is 9.59 Å². The SMILES string of the molecule is Cc1ccc(C(N)=O)c(NCc2ccc(C(=O)O)o2)c1. The van der Waals surface area contributed by atoms with Gasteiger partial charge in [0.05, 0.1) is 12.1 Å². The van der Waals surface area contributed by atoms with Crippen molar-refractivity contribution in [2.45, 2.75) is 13.5 Å². The number of aryl methyl sites for hydroxylation is 1. The summed E-state index contributed by atoms with van der Waals surface area (Å²) in [6.45, 7) is 2.16. The summed E-state index contributed by atoms with van der Waals surface area (Å²) in [5.74, 6) is -1.32. The lowest BCUT2D eigenvalue weighted by Gasteiger charge is -2.09. The molecule has 20 heavy (non-hydrogen) atoms. The number of hydrogen-bond acceptors (Lipinski definition) is 4. The summed E-state index contributed by atoms with van der Waals surface area (Å²) in [6.07, 6.45) is 0. The van der Waals surface area contributed by atoms with E-state index >= 15 is 0 Å². The molecule has 0 bridgehead atoms. The molecule has 0 fully saturated rings. The average Bonchev–Trinajstić information content (AvgIpc) is 2.85. The summed E-state index contributed by atoms with van der Waals surface area (Å²) < 4.78 is 5.12. The lowest BCUT2D eigenvalue weighted by atomic mass is 10.1. The molecule has 1 amide bonds. The Morgan fingerprint density at radius 3 is 2.65 bits per heavy atom. The van der Waals surface area contributed by atoms with Gasteiger partial charge in [-0.1, -0.05) is 6.07 Å². The van der Waals surface area contributed by atoms with E-state index in [0.717, 1.165) is 5.56 Å². The molecule has 0 aliphatic rings. The summed E-state index contributed by atoms with van der Waals surface area (Å²) in [7, 11) is 0. The van der Waals surface area contributed by atoms with E-state index < -0.39 is 11.9 Å². The first-order valence-electron chi connectivity index (χ1n) is 5.93. The summed E-state index contributed by atoms with van der Waals surface area (Å²) in [5.41, 5.74) is 7.24. The van der Waals surface area contributed by atoms with Crippen molar-refractivity contribution in [2.75, 3.05) is 5.32 Å². The molecule has 4 N–H and O–H groups in total. The van der Waals surface area contributed by atoms with E-state index in [4.69, 9.17) is 15.3 Å². The molecule has 1 aromatic heterocycles. The predicted octanol–water partition coefficient (Wildman–Crippen LogP) is 2.00. The number of nitrogens with one attached hydrogen (secondary N) is 1. The van der Waals surface area contributed by atoms with Gasteiger partial charge in [-0.3, -0.25) is 4.79 Å². The number of furan rings is 1. The number of hydrogen-bond donors (Lipinski definition) is 3. The number of amides is 1. The molecule has 0 aliphatic carbocycles. The number of rotatable bonds is 5. The highest BCUT2D eigenvalue weighted by Gasteiger charge is 2.11. The fourth-order valence-corrected chi connectivity index (χ4v) is 1.79. The molecule has 2 aromatic rings. The quantitative estimate of drug-likeness (QED) is 0.773. The fraction of sp³-hybridized carbons (Fsp3) is 0.143. The van der Waals surface area contributed by atoms with Crippen molar-refractivity contribution >= 4 is 17.6 Å². The maximum Gasteiger partial charge on any atom is 0.371 e. The number of carboxylic acids is 1. The molecule has 0 spiro atoms. The van der Waals surface area contributed by atoms with Crippen LogP contribution in [0.5, 0.6) is 0 Å². The Labute approximate surface area is 115 Å². The van der Waals surface area contributed by atoms with Gasteiger partial charge in [0.2, 0.25) is 5.76 Å². The molecule has 0 radical (unpaired) electrons. The smallest absolute Gasteiger partial charge is 0.371 e.